The first kappa shape index (κ1) is 17.7. The maximum atomic E-state index is 11.6. The first-order valence-corrected chi connectivity index (χ1v) is 8.91. The predicted octanol–water partition coefficient (Wildman–Crippen LogP) is 1.39. The first-order chi connectivity index (χ1) is 9.80. The topological polar surface area (TPSA) is 79.6 Å². The van der Waals surface area contributed by atoms with E-state index in [1.165, 1.54) is 10.6 Å². The maximum absolute atomic E-state index is 11.6. The first-order valence-electron chi connectivity index (χ1n) is 7.06. The Morgan fingerprint density at radius 3 is 2.67 bits per heavy atom. The summed E-state index contributed by atoms with van der Waals surface area (Å²) in [5.74, 6) is 0.732. The zero-order valence-corrected chi connectivity index (χ0v) is 13.6. The molecule has 0 fully saturated rings. The van der Waals surface area contributed by atoms with Crippen molar-refractivity contribution in [3.05, 3.63) is 24.2 Å². The van der Waals surface area contributed by atoms with Crippen molar-refractivity contribution in [1.29, 1.82) is 0 Å². The molecule has 1 amide bonds. The van der Waals surface area contributed by atoms with Crippen LogP contribution in [-0.2, 0) is 21.2 Å². The van der Waals surface area contributed by atoms with E-state index in [-0.39, 0.29) is 11.9 Å². The fourth-order valence-corrected chi connectivity index (χ4v) is 3.28. The molecule has 21 heavy (non-hydrogen) atoms. The van der Waals surface area contributed by atoms with Gasteiger partial charge < -0.3 is 9.73 Å². The molecule has 0 unspecified atom stereocenters. The van der Waals surface area contributed by atoms with Crippen molar-refractivity contribution in [2.75, 3.05) is 19.3 Å². The minimum absolute atomic E-state index is 0.0538. The highest BCUT2D eigenvalue weighted by molar-refractivity contribution is 7.88. The van der Waals surface area contributed by atoms with E-state index in [2.05, 4.69) is 5.32 Å². The van der Waals surface area contributed by atoms with E-state index in [1.807, 2.05) is 19.9 Å². The van der Waals surface area contributed by atoms with Crippen molar-refractivity contribution in [2.45, 2.75) is 39.2 Å². The SMILES string of the molecule is CC(C)N(CCCNC(=O)CCc1ccco1)S(C)(=O)=O. The summed E-state index contributed by atoms with van der Waals surface area (Å²) in [5, 5.41) is 2.79. The lowest BCUT2D eigenvalue weighted by Crippen LogP contribution is -2.38. The van der Waals surface area contributed by atoms with Gasteiger partial charge in [-0.1, -0.05) is 0 Å². The number of carbonyl (C=O) groups is 1. The number of nitrogens with one attached hydrogen (secondary N) is 1. The van der Waals surface area contributed by atoms with Gasteiger partial charge in [0.05, 0.1) is 12.5 Å². The molecule has 1 rings (SSSR count). The van der Waals surface area contributed by atoms with Gasteiger partial charge in [0.25, 0.3) is 0 Å². The molecule has 1 aromatic heterocycles. The van der Waals surface area contributed by atoms with Crippen molar-refractivity contribution in [2.24, 2.45) is 0 Å². The van der Waals surface area contributed by atoms with E-state index in [9.17, 15) is 13.2 Å². The van der Waals surface area contributed by atoms with Crippen LogP contribution in [0.25, 0.3) is 0 Å². The van der Waals surface area contributed by atoms with Crippen LogP contribution in [0, 0.1) is 0 Å². The van der Waals surface area contributed by atoms with Crippen molar-refractivity contribution in [3.8, 4) is 0 Å². The smallest absolute Gasteiger partial charge is 0.220 e. The monoisotopic (exact) mass is 316 g/mol. The largest absolute Gasteiger partial charge is 0.469 e. The molecule has 0 spiro atoms. The van der Waals surface area contributed by atoms with Gasteiger partial charge in [-0.25, -0.2) is 8.42 Å². The molecule has 0 saturated heterocycles. The zero-order chi connectivity index (χ0) is 15.9. The van der Waals surface area contributed by atoms with Gasteiger partial charge in [0.2, 0.25) is 15.9 Å². The number of hydrogen-bond donors (Lipinski definition) is 1. The Hall–Kier alpha value is -1.34. The second kappa shape index (κ2) is 8.19. The van der Waals surface area contributed by atoms with Crippen LogP contribution in [-0.4, -0.2) is 44.0 Å². The number of rotatable bonds is 9. The second-order valence-electron chi connectivity index (χ2n) is 5.25. The summed E-state index contributed by atoms with van der Waals surface area (Å²) in [6.07, 6.45) is 4.32. The number of hydrogen-bond acceptors (Lipinski definition) is 4. The molecule has 0 aromatic carbocycles. The summed E-state index contributed by atoms with van der Waals surface area (Å²) in [5.41, 5.74) is 0. The van der Waals surface area contributed by atoms with Crippen LogP contribution in [0.15, 0.2) is 22.8 Å². The Kier molecular flexibility index (Phi) is 6.91. The fourth-order valence-electron chi connectivity index (χ4n) is 2.05. The third-order valence-corrected chi connectivity index (χ3v) is 4.51. The van der Waals surface area contributed by atoms with Crippen LogP contribution >= 0.6 is 0 Å². The fraction of sp³-hybridized carbons (Fsp3) is 0.643. The van der Waals surface area contributed by atoms with E-state index in [0.29, 0.717) is 32.4 Å². The third kappa shape index (κ3) is 6.77. The number of furan rings is 1. The lowest BCUT2D eigenvalue weighted by molar-refractivity contribution is -0.121. The Morgan fingerprint density at radius 1 is 1.43 bits per heavy atom. The summed E-state index contributed by atoms with van der Waals surface area (Å²) < 4.78 is 29.7. The summed E-state index contributed by atoms with van der Waals surface area (Å²) in [7, 11) is -3.20. The van der Waals surface area contributed by atoms with Crippen LogP contribution in [0.4, 0.5) is 0 Å². The number of aryl methyl sites for hydroxylation is 1. The molecule has 0 aliphatic heterocycles. The predicted molar refractivity (Wildman–Crippen MR) is 81.3 cm³/mol. The van der Waals surface area contributed by atoms with Gasteiger partial charge in [-0.15, -0.1) is 0 Å². The number of carbonyl (C=O) groups excluding carboxylic acids is 1. The van der Waals surface area contributed by atoms with Crippen LogP contribution in [0.3, 0.4) is 0 Å². The highest BCUT2D eigenvalue weighted by atomic mass is 32.2. The molecular formula is C14H24N2O4S. The summed E-state index contributed by atoms with van der Waals surface area (Å²) in [4.78, 5) is 11.6. The normalized spacial score (nSPS) is 12.0. The van der Waals surface area contributed by atoms with Gasteiger partial charge in [-0.2, -0.15) is 4.31 Å². The quantitative estimate of drug-likeness (QED) is 0.698. The van der Waals surface area contributed by atoms with Crippen LogP contribution < -0.4 is 5.32 Å². The van der Waals surface area contributed by atoms with E-state index >= 15 is 0 Å². The highest BCUT2D eigenvalue weighted by Gasteiger charge is 2.19. The molecule has 0 atom stereocenters. The van der Waals surface area contributed by atoms with Crippen molar-refractivity contribution < 1.29 is 17.6 Å². The summed E-state index contributed by atoms with van der Waals surface area (Å²) in [6, 6.07) is 3.55. The molecule has 120 valence electrons. The molecular weight excluding hydrogens is 292 g/mol. The summed E-state index contributed by atoms with van der Waals surface area (Å²) >= 11 is 0. The van der Waals surface area contributed by atoms with E-state index in [4.69, 9.17) is 4.42 Å². The molecule has 1 N–H and O–H groups in total. The Balaban J connectivity index is 2.22. The Morgan fingerprint density at radius 2 is 2.14 bits per heavy atom. The molecule has 6 nitrogen and oxygen atoms in total. The van der Waals surface area contributed by atoms with E-state index < -0.39 is 10.0 Å². The van der Waals surface area contributed by atoms with Gasteiger partial charge in [0.15, 0.2) is 0 Å². The highest BCUT2D eigenvalue weighted by Crippen LogP contribution is 2.06. The number of sulfonamides is 1. The molecule has 0 bridgehead atoms. The minimum Gasteiger partial charge on any atom is -0.469 e. The molecule has 1 aromatic rings. The molecule has 0 aliphatic carbocycles. The van der Waals surface area contributed by atoms with E-state index in [1.54, 1.807) is 12.3 Å². The van der Waals surface area contributed by atoms with Crippen molar-refractivity contribution >= 4 is 15.9 Å². The van der Waals surface area contributed by atoms with Gasteiger partial charge in [0, 0.05) is 32.0 Å². The Bertz CT molecular complexity index is 523. The minimum atomic E-state index is -3.20. The van der Waals surface area contributed by atoms with Crippen molar-refractivity contribution in [3.63, 3.8) is 0 Å². The Labute approximate surface area is 126 Å². The average Bonchev–Trinajstić information content (AvgIpc) is 2.87. The molecule has 7 heteroatoms. The summed E-state index contributed by atoms with van der Waals surface area (Å²) in [6.45, 7) is 4.55. The van der Waals surface area contributed by atoms with Gasteiger partial charge in [0.1, 0.15) is 5.76 Å². The molecule has 0 radical (unpaired) electrons. The lowest BCUT2D eigenvalue weighted by Gasteiger charge is -2.23. The number of amides is 1. The average molecular weight is 316 g/mol. The molecule has 1 heterocycles. The second-order valence-corrected chi connectivity index (χ2v) is 7.19. The van der Waals surface area contributed by atoms with Crippen LogP contribution in [0.2, 0.25) is 0 Å². The van der Waals surface area contributed by atoms with Gasteiger partial charge >= 0.3 is 0 Å². The third-order valence-electron chi connectivity index (χ3n) is 3.06. The van der Waals surface area contributed by atoms with Crippen molar-refractivity contribution in [1.82, 2.24) is 9.62 Å². The zero-order valence-electron chi connectivity index (χ0n) is 12.8. The van der Waals surface area contributed by atoms with Crippen LogP contribution in [0.5, 0.6) is 0 Å². The van der Waals surface area contributed by atoms with Crippen LogP contribution in [0.1, 0.15) is 32.4 Å². The standard InChI is InChI=1S/C14H24N2O4S/c1-12(2)16(21(3,18)19)10-5-9-15-14(17)8-7-13-6-4-11-20-13/h4,6,11-12H,5,7-10H2,1-3H3,(H,15,17). The van der Waals surface area contributed by atoms with Gasteiger partial charge in [-0.05, 0) is 32.4 Å². The maximum Gasteiger partial charge on any atom is 0.220 e. The lowest BCUT2D eigenvalue weighted by atomic mass is 10.2. The molecule has 0 saturated carbocycles. The molecule has 0 aliphatic rings. The number of nitrogens with zero attached hydrogens (tertiary/aromatic N) is 1. The van der Waals surface area contributed by atoms with E-state index in [0.717, 1.165) is 5.76 Å². The van der Waals surface area contributed by atoms with Gasteiger partial charge in [-0.3, -0.25) is 4.79 Å².